The molecule has 0 saturated heterocycles. The Morgan fingerprint density at radius 2 is 0.511 bits per heavy atom. The van der Waals surface area contributed by atoms with Crippen LogP contribution in [0.25, 0.3) is 176 Å². The molecule has 5 aromatic heterocycles. The van der Waals surface area contributed by atoms with E-state index in [9.17, 15) is 19.2 Å². The molecule has 0 bridgehead atoms. The van der Waals surface area contributed by atoms with Crippen molar-refractivity contribution in [2.45, 2.75) is 13.8 Å². The Bertz CT molecular complexity index is 6990. The predicted octanol–water partition coefficient (Wildman–Crippen LogP) is 29.2. The molecule has 20 aromatic rings. The summed E-state index contributed by atoms with van der Waals surface area (Å²) in [6.07, 6.45) is 3.88. The van der Waals surface area contributed by atoms with Gasteiger partial charge in [-0.2, -0.15) is 0 Å². The molecule has 688 valence electrons. The van der Waals surface area contributed by atoms with Crippen LogP contribution < -0.4 is 30.7 Å². The molecule has 4 amide bonds. The molecule has 141 heavy (non-hydrogen) atoms. The summed E-state index contributed by atoms with van der Waals surface area (Å²) in [5.41, 5.74) is 28.2. The highest BCUT2D eigenvalue weighted by Gasteiger charge is 2.23. The minimum Gasteiger partial charge on any atom is -0.423 e. The van der Waals surface area contributed by atoms with Gasteiger partial charge in [-0.05, 0) is 135 Å². The number of anilines is 2. The minimum absolute atomic E-state index is 0.187. The molecule has 0 saturated carbocycles. The second kappa shape index (κ2) is 46.5. The van der Waals surface area contributed by atoms with Gasteiger partial charge in [0.2, 0.25) is 0 Å². The van der Waals surface area contributed by atoms with Crippen molar-refractivity contribution < 1.29 is 28.7 Å². The van der Waals surface area contributed by atoms with Crippen LogP contribution in [-0.4, -0.2) is 73.8 Å². The number of aromatic amines is 5. The first-order valence-electron chi connectivity index (χ1n) is 45.4. The van der Waals surface area contributed by atoms with Crippen LogP contribution in [-0.2, 0) is 9.59 Å². The van der Waals surface area contributed by atoms with Gasteiger partial charge in [0, 0.05) is 106 Å². The number of benzene rings is 15. The highest BCUT2D eigenvalue weighted by atomic mass is 16.6. The summed E-state index contributed by atoms with van der Waals surface area (Å²) in [5.74, 6) is 4.19. The van der Waals surface area contributed by atoms with Crippen molar-refractivity contribution in [1.82, 2.24) is 60.5 Å². The van der Waals surface area contributed by atoms with E-state index in [4.69, 9.17) is 34.4 Å². The van der Waals surface area contributed by atoms with Crippen LogP contribution in [0.15, 0.2) is 481 Å². The van der Waals surface area contributed by atoms with Crippen LogP contribution in [0.5, 0.6) is 11.5 Å². The number of aromatic nitrogens is 10. The maximum absolute atomic E-state index is 11.8. The number of carbonyl (C=O) groups excluding carboxylic acids is 4. The van der Waals surface area contributed by atoms with E-state index in [1.54, 1.807) is 38.1 Å². The Labute approximate surface area is 817 Å². The molecule has 0 radical (unpaired) electrons. The van der Waals surface area contributed by atoms with E-state index in [2.05, 4.69) is 188 Å². The van der Waals surface area contributed by atoms with Gasteiger partial charge in [0.05, 0.1) is 56.9 Å². The molecule has 0 fully saturated rings. The summed E-state index contributed by atoms with van der Waals surface area (Å²) in [6, 6.07) is 139. The molecule has 0 aliphatic heterocycles. The zero-order chi connectivity index (χ0) is 97.6. The maximum Gasteiger partial charge on any atom is 0.416 e. The molecule has 0 unspecified atom stereocenters. The van der Waals surface area contributed by atoms with Gasteiger partial charge in [0.25, 0.3) is 5.91 Å². The molecular formula is C121H98N14O6. The smallest absolute Gasteiger partial charge is 0.416 e. The van der Waals surface area contributed by atoms with Crippen molar-refractivity contribution in [3.8, 4) is 181 Å². The van der Waals surface area contributed by atoms with E-state index in [1.807, 2.05) is 297 Å². The third-order valence-electron chi connectivity index (χ3n) is 22.2. The van der Waals surface area contributed by atoms with Gasteiger partial charge < -0.3 is 50.3 Å². The number of ether oxygens (including phenoxy) is 2. The highest BCUT2D eigenvalue weighted by Crippen LogP contribution is 2.40. The quantitative estimate of drug-likeness (QED) is 0.0156. The van der Waals surface area contributed by atoms with Gasteiger partial charge in [-0.3, -0.25) is 10.1 Å². The molecule has 0 aliphatic carbocycles. The van der Waals surface area contributed by atoms with Gasteiger partial charge >= 0.3 is 18.1 Å². The summed E-state index contributed by atoms with van der Waals surface area (Å²) in [5, 5.41) is 10.4. The van der Waals surface area contributed by atoms with E-state index in [-0.39, 0.29) is 11.9 Å². The average molecular weight is 1840 g/mol. The van der Waals surface area contributed by atoms with E-state index in [0.29, 0.717) is 28.3 Å². The zero-order valence-corrected chi connectivity index (χ0v) is 77.4. The summed E-state index contributed by atoms with van der Waals surface area (Å²) in [4.78, 5) is 88.4. The number of nitrogens with zero attached hydrogens (tertiary/aromatic N) is 5. The number of hydrogen-bond donors (Lipinski definition) is 9. The lowest BCUT2D eigenvalue weighted by molar-refractivity contribution is -0.130. The van der Waals surface area contributed by atoms with Crippen molar-refractivity contribution in [2.24, 2.45) is 0 Å². The normalized spacial score (nSPS) is 10.5. The first kappa shape index (κ1) is 94.7. The lowest BCUT2D eigenvalue weighted by Crippen LogP contribution is -2.23. The Morgan fingerprint density at radius 3 is 0.773 bits per heavy atom. The number of urea groups is 1. The highest BCUT2D eigenvalue weighted by molar-refractivity contribution is 6.03. The fourth-order valence-corrected chi connectivity index (χ4v) is 15.2. The number of esters is 1. The van der Waals surface area contributed by atoms with E-state index < -0.39 is 12.1 Å². The lowest BCUT2D eigenvalue weighted by Gasteiger charge is -2.05. The van der Waals surface area contributed by atoms with Crippen molar-refractivity contribution in [3.63, 3.8) is 0 Å². The topological polar surface area (TPSA) is 278 Å². The summed E-state index contributed by atoms with van der Waals surface area (Å²) in [7, 11) is 0. The van der Waals surface area contributed by atoms with Crippen LogP contribution in [0, 0.1) is 0 Å². The van der Waals surface area contributed by atoms with E-state index in [0.717, 1.165) is 181 Å². The summed E-state index contributed by atoms with van der Waals surface area (Å²) >= 11 is 0. The van der Waals surface area contributed by atoms with Gasteiger partial charge in [0.1, 0.15) is 40.6 Å². The summed E-state index contributed by atoms with van der Waals surface area (Å²) < 4.78 is 10.4. The lowest BCUT2D eigenvalue weighted by atomic mass is 10.1. The largest absolute Gasteiger partial charge is 0.423 e. The molecule has 5 heterocycles. The van der Waals surface area contributed by atoms with E-state index in [1.165, 1.54) is 12.4 Å². The fourth-order valence-electron chi connectivity index (χ4n) is 15.2. The molecule has 0 atom stereocenters. The van der Waals surface area contributed by atoms with Crippen LogP contribution in [0.1, 0.15) is 19.4 Å². The zero-order valence-electron chi connectivity index (χ0n) is 77.4. The van der Waals surface area contributed by atoms with Crippen LogP contribution in [0.4, 0.5) is 21.0 Å². The number of hydrogen-bond acceptors (Lipinski definition) is 11. The Morgan fingerprint density at radius 1 is 0.262 bits per heavy atom. The van der Waals surface area contributed by atoms with Gasteiger partial charge in [-0.15, -0.1) is 0 Å². The first-order valence-corrected chi connectivity index (χ1v) is 45.4. The molecular weight excluding hydrogens is 1750 g/mol. The van der Waals surface area contributed by atoms with Crippen LogP contribution in [0.3, 0.4) is 0 Å². The number of H-pyrrole nitrogens is 5. The van der Waals surface area contributed by atoms with Crippen molar-refractivity contribution in [2.75, 3.05) is 10.6 Å². The second-order valence-electron chi connectivity index (χ2n) is 32.2. The van der Waals surface area contributed by atoms with Crippen LogP contribution >= 0.6 is 0 Å². The minimum atomic E-state index is -0.580. The Balaban J connectivity index is 0.000000127. The van der Waals surface area contributed by atoms with Crippen molar-refractivity contribution in [3.05, 3.63) is 487 Å². The average Bonchev–Trinajstić information content (AvgIpc) is 1.67. The molecule has 0 spiro atoms. The number of rotatable bonds is 24. The molecule has 20 heteroatoms. The second-order valence-corrected chi connectivity index (χ2v) is 32.2. The number of amides is 4. The number of carbonyl (C=O) groups is 4. The molecule has 9 N–H and O–H groups in total. The fraction of sp³-hybridized carbons (Fsp3) is 0.0165. The number of imidazole rings is 5. The summed E-state index contributed by atoms with van der Waals surface area (Å²) in [6.45, 7) is 21.3. The Hall–Kier alpha value is -19.5. The SMILES string of the molecule is C=C(C)C(=O)Nc1ccc(-c2nc(-c3ccccc3)c(-c3ccccc3)[nH]2)cc1.C=C(C)C(=O)Oc1ccc(-c2nc(-c3ccccc3)c(-c3ccccc3)[nH]2)cc1.C=CNC(=O)Nc1ccc(-c2nc(-c3ccccc3)c(-c3ccccc3)[nH]2)cc1.C=CNC(=O)Oc1ccc(-c2nc(-c3ccccc3)c(-c3ccccc3)[nH]2)cc1.C=Cc1cccc(-c2nc(-c3ccccc3)c(-c3ccccc3)[nH]2)c1. The maximum atomic E-state index is 11.8. The third kappa shape index (κ3) is 24.6. The monoisotopic (exact) mass is 1840 g/mol. The van der Waals surface area contributed by atoms with Crippen molar-refractivity contribution >= 4 is 41.5 Å². The van der Waals surface area contributed by atoms with Gasteiger partial charge in [0.15, 0.2) is 0 Å². The standard InChI is InChI=1S/C25H21N3O.C25H20N2O2.C24H20N4O.C24H19N3O2.C23H18N2/c1-17(2)25(29)26-21-15-13-20(14-16-21)24-27-22(18-9-5-3-6-10-18)23(28-24)19-11-7-4-8-12-19;1-17(2)25(28)29-21-15-13-20(14-16-21)24-26-22(18-9-5-3-6-10-18)23(27-24)19-11-7-4-8-12-19;1-2-25-24(29)26-20-15-13-19(14-16-20)23-27-21(17-9-5-3-6-10-17)22(28-23)18-11-7-4-8-12-18;1-2-25-24(28)29-20-15-13-19(14-16-20)23-26-21(17-9-5-3-6-10-17)22(27-23)18-11-7-4-8-12-18;1-2-17-10-9-15-20(16-17)23-24-21(18-11-5-3-6-12-18)22(25-23)19-13-7-4-8-14-19/h3-16H,1H2,2H3,(H,26,29)(H,27,28);3-16H,1H2,2H3,(H,26,27);2-16H,1H2,(H,27,28)(H2,25,26,29);2-16H,1H2,(H,25,28)(H,26,27);2-16H,1H2,(H,24,25). The first-order chi connectivity index (χ1) is 69.1. The Kier molecular flexibility index (Phi) is 31.2. The molecule has 0 aliphatic rings. The van der Waals surface area contributed by atoms with Gasteiger partial charge in [-0.25, -0.2) is 39.3 Å². The third-order valence-corrected chi connectivity index (χ3v) is 22.2. The molecule has 20 rings (SSSR count). The van der Waals surface area contributed by atoms with Crippen LogP contribution in [0.2, 0.25) is 0 Å². The number of nitrogens with one attached hydrogen (secondary N) is 9. The predicted molar refractivity (Wildman–Crippen MR) is 570 cm³/mol. The van der Waals surface area contributed by atoms with Gasteiger partial charge in [-0.1, -0.05) is 360 Å². The van der Waals surface area contributed by atoms with E-state index >= 15 is 0 Å². The molecule has 15 aromatic carbocycles. The molecule has 20 nitrogen and oxygen atoms in total. The van der Waals surface area contributed by atoms with Crippen molar-refractivity contribution in [1.29, 1.82) is 0 Å².